The summed E-state index contributed by atoms with van der Waals surface area (Å²) in [5.74, 6) is 0.498. The quantitative estimate of drug-likeness (QED) is 0.539. The minimum atomic E-state index is -1.87. The Morgan fingerprint density at radius 1 is 1.31 bits per heavy atom. The van der Waals surface area contributed by atoms with Gasteiger partial charge < -0.3 is 18.9 Å². The molecule has 9 nitrogen and oxygen atoms in total. The van der Waals surface area contributed by atoms with Gasteiger partial charge in [0.25, 0.3) is 4.80 Å². The first-order valence-electron chi connectivity index (χ1n) is 9.87. The van der Waals surface area contributed by atoms with Gasteiger partial charge in [0.05, 0.1) is 10.0 Å². The lowest BCUT2D eigenvalue weighted by molar-refractivity contribution is -0.121. The van der Waals surface area contributed by atoms with Crippen LogP contribution in [0.15, 0.2) is 27.4 Å². The number of carbonyl (C=O) groups excluding carboxylic acids is 2. The molecule has 0 spiro atoms. The van der Waals surface area contributed by atoms with Gasteiger partial charge in [-0.05, 0) is 45.4 Å². The number of hydrogen-bond donors (Lipinski definition) is 1. The smallest absolute Gasteiger partial charge is 0.410 e. The second kappa shape index (κ2) is 10.4. The van der Waals surface area contributed by atoms with Gasteiger partial charge in [0.1, 0.15) is 17.4 Å². The van der Waals surface area contributed by atoms with E-state index < -0.39 is 26.7 Å². The summed E-state index contributed by atoms with van der Waals surface area (Å²) in [5, 5.41) is 8.58. The van der Waals surface area contributed by atoms with E-state index in [2.05, 4.69) is 31.1 Å². The van der Waals surface area contributed by atoms with Gasteiger partial charge in [0, 0.05) is 28.2 Å². The Labute approximate surface area is 205 Å². The lowest BCUT2D eigenvalue weighted by Gasteiger charge is -2.38. The number of benzene rings is 1. The van der Waals surface area contributed by atoms with Crippen molar-refractivity contribution in [2.75, 3.05) is 12.8 Å². The van der Waals surface area contributed by atoms with E-state index in [4.69, 9.17) is 37.1 Å². The Bertz CT molecular complexity index is 987. The summed E-state index contributed by atoms with van der Waals surface area (Å²) in [7, 11) is -1.87. The van der Waals surface area contributed by atoms with Crippen molar-refractivity contribution in [1.82, 2.24) is 20.1 Å². The molecule has 0 unspecified atom stereocenters. The second-order valence-electron chi connectivity index (χ2n) is 8.25. The highest BCUT2D eigenvalue weighted by Gasteiger charge is 2.39. The monoisotopic (exact) mass is 564 g/mol. The van der Waals surface area contributed by atoms with Crippen molar-refractivity contribution in [3.63, 3.8) is 0 Å². The van der Waals surface area contributed by atoms with Gasteiger partial charge >= 0.3 is 6.09 Å². The molecule has 32 heavy (non-hydrogen) atoms. The van der Waals surface area contributed by atoms with Crippen LogP contribution < -0.4 is 9.72 Å². The van der Waals surface area contributed by atoms with Crippen molar-refractivity contribution in [3.8, 4) is 5.75 Å². The second-order valence-corrected chi connectivity index (χ2v) is 12.4. The van der Waals surface area contributed by atoms with Crippen LogP contribution in [0.2, 0.25) is 16.1 Å². The van der Waals surface area contributed by atoms with E-state index in [-0.39, 0.29) is 17.3 Å². The number of rotatable bonds is 5. The first-order chi connectivity index (χ1) is 15.0. The Morgan fingerprint density at radius 2 is 2.06 bits per heavy atom. The van der Waals surface area contributed by atoms with E-state index in [1.54, 1.807) is 43.9 Å². The zero-order chi connectivity index (χ0) is 23.5. The third kappa shape index (κ3) is 6.84. The molecule has 0 radical (unpaired) electrons. The fraction of sp³-hybridized carbons (Fsp3) is 0.474. The number of amides is 2. The van der Waals surface area contributed by atoms with Crippen molar-refractivity contribution < 1.29 is 23.5 Å². The maximum atomic E-state index is 12.9. The van der Waals surface area contributed by atoms with Crippen LogP contribution in [0.5, 0.6) is 5.75 Å². The summed E-state index contributed by atoms with van der Waals surface area (Å²) in [4.78, 5) is 30.2. The first kappa shape index (κ1) is 24.8. The molecule has 2 aromatic rings. The maximum absolute atomic E-state index is 12.9. The van der Waals surface area contributed by atoms with Crippen molar-refractivity contribution in [3.05, 3.63) is 38.9 Å². The van der Waals surface area contributed by atoms with Gasteiger partial charge in [-0.25, -0.2) is 4.79 Å². The molecule has 3 rings (SSSR count). The Morgan fingerprint density at radius 3 is 2.69 bits per heavy atom. The summed E-state index contributed by atoms with van der Waals surface area (Å²) in [5.41, 5.74) is -0.664. The molecule has 1 aliphatic heterocycles. The fourth-order valence-electron chi connectivity index (χ4n) is 3.20. The van der Waals surface area contributed by atoms with Gasteiger partial charge in [0.2, 0.25) is 11.8 Å². The van der Waals surface area contributed by atoms with Crippen molar-refractivity contribution in [2.24, 2.45) is 0 Å². The number of hydrogen-bond acceptors (Lipinski definition) is 7. The summed E-state index contributed by atoms with van der Waals surface area (Å²) < 4.78 is 16.6. The van der Waals surface area contributed by atoms with Gasteiger partial charge in [-0.15, -0.1) is 10.2 Å². The van der Waals surface area contributed by atoms with Crippen LogP contribution in [0.4, 0.5) is 4.79 Å². The average Bonchev–Trinajstić information content (AvgIpc) is 3.13. The van der Waals surface area contributed by atoms with Crippen LogP contribution in [0.1, 0.15) is 39.1 Å². The molecule has 1 saturated heterocycles. The molecule has 0 bridgehead atoms. The van der Waals surface area contributed by atoms with Crippen LogP contribution >= 0.6 is 39.1 Å². The molecule has 13 heteroatoms. The van der Waals surface area contributed by atoms with E-state index in [9.17, 15) is 9.59 Å². The molecule has 1 aliphatic rings. The number of nitrogens with one attached hydrogen (secondary N) is 1. The van der Waals surface area contributed by atoms with Gasteiger partial charge in [-0.2, -0.15) is 0 Å². The zero-order valence-corrected chi connectivity index (χ0v) is 22.0. The largest absolute Gasteiger partial charge is 0.484 e. The summed E-state index contributed by atoms with van der Waals surface area (Å²) in [6.07, 6.45) is 0.437. The van der Waals surface area contributed by atoms with Gasteiger partial charge in [0.15, 0.2) is 15.6 Å². The molecule has 2 heterocycles. The molecular formula is C19H23BrCl2N4O5Si. The number of aromatic nitrogens is 2. The Balaban J connectivity index is 1.63. The normalized spacial score (nSPS) is 18.9. The van der Waals surface area contributed by atoms with Crippen LogP contribution in [0.25, 0.3) is 0 Å². The van der Waals surface area contributed by atoms with Gasteiger partial charge in [-0.1, -0.05) is 23.2 Å². The number of nitrogens with zero attached hydrogens (tertiary/aromatic N) is 3. The third-order valence-corrected chi connectivity index (χ3v) is 8.19. The van der Waals surface area contributed by atoms with Crippen LogP contribution in [0.3, 0.4) is 0 Å². The highest BCUT2D eigenvalue weighted by atomic mass is 79.9. The number of carbonyl (C=O) groups is 2. The molecule has 1 fully saturated rings. The SMILES string of the molecule is CC(C)(C)OC(=O)N1C[Si@@H](NC(=O)COc2ccc(Cl)c(Cl)c2)CC[C@@H]1c1nnc(Br)o1. The molecular weight excluding hydrogens is 543 g/mol. The lowest BCUT2D eigenvalue weighted by atomic mass is 10.2. The Kier molecular flexibility index (Phi) is 8.07. The molecule has 1 aromatic carbocycles. The average molecular weight is 566 g/mol. The third-order valence-electron chi connectivity index (χ3n) is 4.54. The molecule has 174 valence electrons. The molecule has 1 aromatic heterocycles. The van der Waals surface area contributed by atoms with E-state index in [1.165, 1.54) is 0 Å². The lowest BCUT2D eigenvalue weighted by Crippen LogP contribution is -2.55. The first-order valence-corrected chi connectivity index (χ1v) is 13.6. The summed E-state index contributed by atoms with van der Waals surface area (Å²) in [6.45, 7) is 5.21. The van der Waals surface area contributed by atoms with E-state index >= 15 is 0 Å². The molecule has 2 amide bonds. The Hall–Kier alpha value is -1.82. The van der Waals surface area contributed by atoms with E-state index in [0.29, 0.717) is 34.3 Å². The minimum absolute atomic E-state index is 0.173. The van der Waals surface area contributed by atoms with Gasteiger partial charge in [-0.3, -0.25) is 9.69 Å². The fourth-order valence-corrected chi connectivity index (χ4v) is 6.29. The zero-order valence-electron chi connectivity index (χ0n) is 17.7. The molecule has 1 N–H and O–H groups in total. The highest BCUT2D eigenvalue weighted by molar-refractivity contribution is 9.10. The highest BCUT2D eigenvalue weighted by Crippen LogP contribution is 2.32. The maximum Gasteiger partial charge on any atom is 0.410 e. The predicted octanol–water partition coefficient (Wildman–Crippen LogP) is 4.28. The molecule has 0 aliphatic carbocycles. The number of halogens is 3. The van der Waals surface area contributed by atoms with Crippen LogP contribution in [-0.2, 0) is 9.53 Å². The summed E-state index contributed by atoms with van der Waals surface area (Å²) in [6, 6.07) is 5.10. The van der Waals surface area contributed by atoms with E-state index in [0.717, 1.165) is 6.04 Å². The van der Waals surface area contributed by atoms with Crippen molar-refractivity contribution >= 4 is 60.1 Å². The standard InChI is InChI=1S/C19H23BrCl2N4O5Si/c1-19(2,3)31-18(28)26-10-32(7-6-14(26)16-23-24-17(20)30-16)25-15(27)9-29-11-4-5-12(21)13(22)8-11/h4-5,8,14,32H,6-7,9-10H2,1-3H3,(H,25,27)/t14-,32+/m1/s1. The van der Waals surface area contributed by atoms with Crippen LogP contribution in [-0.4, -0.2) is 54.4 Å². The van der Waals surface area contributed by atoms with E-state index in [1.807, 2.05) is 0 Å². The molecule has 2 atom stereocenters. The predicted molar refractivity (Wildman–Crippen MR) is 124 cm³/mol. The topological polar surface area (TPSA) is 107 Å². The van der Waals surface area contributed by atoms with Crippen molar-refractivity contribution in [1.29, 1.82) is 0 Å². The number of ether oxygens (including phenoxy) is 2. The molecule has 0 saturated carbocycles. The minimum Gasteiger partial charge on any atom is -0.484 e. The van der Waals surface area contributed by atoms with Crippen molar-refractivity contribution in [2.45, 2.75) is 44.9 Å². The van der Waals surface area contributed by atoms with Crippen LogP contribution in [0, 0.1) is 0 Å². The summed E-state index contributed by atoms with van der Waals surface area (Å²) >= 11 is 15.0.